The Morgan fingerprint density at radius 3 is 2.67 bits per heavy atom. The Balaban J connectivity index is 1.44. The summed E-state index contributed by atoms with van der Waals surface area (Å²) in [6.45, 7) is 13.6. The smallest absolute Gasteiger partial charge is 0.359 e. The van der Waals surface area contributed by atoms with E-state index >= 15 is 0 Å². The Hall–Kier alpha value is -3.45. The Bertz CT molecular complexity index is 1880. The van der Waals surface area contributed by atoms with Crippen molar-refractivity contribution in [1.82, 2.24) is 19.7 Å². The lowest BCUT2D eigenvalue weighted by Crippen LogP contribution is -2.23. The summed E-state index contributed by atoms with van der Waals surface area (Å²) in [5.74, 6) is 6.86. The summed E-state index contributed by atoms with van der Waals surface area (Å²) >= 11 is 2.93. The van der Waals surface area contributed by atoms with Gasteiger partial charge in [0.25, 0.3) is 0 Å². The molecule has 14 heteroatoms. The summed E-state index contributed by atoms with van der Waals surface area (Å²) in [4.78, 5) is 26.0. The second kappa shape index (κ2) is 18.9. The number of para-hydroxylation sites is 1. The number of aromatic nitrogens is 4. The van der Waals surface area contributed by atoms with Crippen LogP contribution in [0, 0.1) is 18.8 Å². The lowest BCUT2D eigenvalue weighted by Gasteiger charge is -2.20. The van der Waals surface area contributed by atoms with Gasteiger partial charge in [-0.1, -0.05) is 85.6 Å². The molecule has 11 nitrogen and oxygen atoms in total. The van der Waals surface area contributed by atoms with Gasteiger partial charge in [0.05, 0.1) is 22.9 Å². The van der Waals surface area contributed by atoms with Crippen LogP contribution >= 0.6 is 22.7 Å². The number of thiazole rings is 2. The molecule has 1 saturated carbocycles. The molecule has 0 bridgehead atoms. The van der Waals surface area contributed by atoms with Crippen LogP contribution < -0.4 is 9.70 Å². The molecule has 0 radical (unpaired) electrons. The number of nitrogens with zero attached hydrogens (tertiary/aromatic N) is 6. The first-order chi connectivity index (χ1) is 24.7. The number of benzene rings is 1. The average Bonchev–Trinajstić information content (AvgIpc) is 3.69. The Kier molecular flexibility index (Phi) is 14.3. The van der Waals surface area contributed by atoms with E-state index in [0.717, 1.165) is 46.1 Å². The maximum atomic E-state index is 13.0. The lowest BCUT2D eigenvalue weighted by molar-refractivity contribution is 0.0496. The molecule has 0 N–H and O–H groups in total. The van der Waals surface area contributed by atoms with Crippen molar-refractivity contribution in [3.05, 3.63) is 51.3 Å². The molecule has 1 fully saturated rings. The summed E-state index contributed by atoms with van der Waals surface area (Å²) in [6.07, 6.45) is 6.74. The van der Waals surface area contributed by atoms with Crippen molar-refractivity contribution < 1.29 is 23.7 Å². The van der Waals surface area contributed by atoms with Crippen molar-refractivity contribution in [1.29, 1.82) is 0 Å². The van der Waals surface area contributed by atoms with Crippen molar-refractivity contribution >= 4 is 63.7 Å². The summed E-state index contributed by atoms with van der Waals surface area (Å²) in [6, 6.07) is 11.3. The number of carbonyl (C=O) groups excluding carboxylic acids is 1. The van der Waals surface area contributed by atoms with Crippen LogP contribution in [0.3, 0.4) is 0 Å². The first kappa shape index (κ1) is 38.8. The molecular weight excluding hydrogens is 701 g/mol. The number of carbonyl (C=O) groups is 1. The summed E-state index contributed by atoms with van der Waals surface area (Å²) < 4.78 is 26.1. The fraction of sp³-hybridized carbons (Fsp3) is 0.541. The predicted molar refractivity (Wildman–Crippen MR) is 207 cm³/mol. The van der Waals surface area contributed by atoms with Crippen LogP contribution in [-0.4, -0.2) is 80.0 Å². The van der Waals surface area contributed by atoms with Gasteiger partial charge in [0, 0.05) is 34.9 Å². The zero-order valence-corrected chi connectivity index (χ0v) is 33.3. The number of esters is 1. The predicted octanol–water partition coefficient (Wildman–Crippen LogP) is 7.85. The highest BCUT2D eigenvalue weighted by molar-refractivity contribution is 7.16. The molecule has 4 aromatic rings. The molecule has 0 spiro atoms. The molecule has 1 aliphatic rings. The van der Waals surface area contributed by atoms with Crippen LogP contribution in [0.25, 0.3) is 10.2 Å². The van der Waals surface area contributed by atoms with Crippen LogP contribution in [0.2, 0.25) is 25.7 Å². The zero-order valence-electron chi connectivity index (χ0n) is 30.7. The normalized spacial score (nSPS) is 14.1. The van der Waals surface area contributed by atoms with E-state index in [4.69, 9.17) is 28.9 Å². The summed E-state index contributed by atoms with van der Waals surface area (Å²) in [5.41, 5.74) is 2.11. The van der Waals surface area contributed by atoms with E-state index in [1.807, 2.05) is 30.0 Å². The van der Waals surface area contributed by atoms with Crippen LogP contribution in [0.4, 0.5) is 16.8 Å². The molecule has 5 rings (SSSR count). The molecule has 3 aromatic heterocycles. The van der Waals surface area contributed by atoms with E-state index in [9.17, 15) is 4.79 Å². The van der Waals surface area contributed by atoms with Crippen molar-refractivity contribution in [2.45, 2.75) is 90.9 Å². The molecule has 0 unspecified atom stereocenters. The number of methoxy groups -OCH3 is 1. The van der Waals surface area contributed by atoms with Crippen LogP contribution in [0.15, 0.2) is 35.3 Å². The lowest BCUT2D eigenvalue weighted by atomic mass is 9.98. The van der Waals surface area contributed by atoms with Crippen LogP contribution in [0.1, 0.15) is 66.4 Å². The Labute approximate surface area is 310 Å². The van der Waals surface area contributed by atoms with Crippen molar-refractivity contribution in [2.24, 2.45) is 4.99 Å². The molecule has 0 saturated heterocycles. The molecular formula is C37H50N6O5S2Si. The fourth-order valence-corrected chi connectivity index (χ4v) is 8.33. The van der Waals surface area contributed by atoms with E-state index in [0.29, 0.717) is 54.6 Å². The van der Waals surface area contributed by atoms with Gasteiger partial charge in [-0.25, -0.2) is 9.78 Å². The van der Waals surface area contributed by atoms with Gasteiger partial charge >= 0.3 is 5.97 Å². The number of rotatable bonds is 16. The van der Waals surface area contributed by atoms with Gasteiger partial charge in [-0.15, -0.1) is 10.2 Å². The topological polar surface area (TPSA) is 113 Å². The van der Waals surface area contributed by atoms with E-state index in [-0.39, 0.29) is 18.4 Å². The third-order valence-electron chi connectivity index (χ3n) is 8.42. The maximum absolute atomic E-state index is 13.0. The quantitative estimate of drug-likeness (QED) is 0.0489. The summed E-state index contributed by atoms with van der Waals surface area (Å²) in [5, 5.41) is 9.80. The van der Waals surface area contributed by atoms with Gasteiger partial charge in [-0.05, 0) is 62.9 Å². The van der Waals surface area contributed by atoms with Crippen LogP contribution in [-0.2, 0) is 25.7 Å². The SMILES string of the molecule is CCOC(=O)c1nc(N(CCCOC)c2cc(C)c(/N=c3\sc4ccccc4n3COCC[Si](C)(C)C)nn2)sc1C#CCOC1CCCCC1. The van der Waals surface area contributed by atoms with Gasteiger partial charge in [0.2, 0.25) is 0 Å². The molecule has 1 aliphatic carbocycles. The highest BCUT2D eigenvalue weighted by Crippen LogP contribution is 2.33. The van der Waals surface area contributed by atoms with Crippen molar-refractivity contribution in [3.63, 3.8) is 0 Å². The van der Waals surface area contributed by atoms with E-state index in [2.05, 4.69) is 58.4 Å². The second-order valence-electron chi connectivity index (χ2n) is 13.7. The minimum atomic E-state index is -1.21. The monoisotopic (exact) mass is 750 g/mol. The molecule has 0 atom stereocenters. The molecule has 0 amide bonds. The Morgan fingerprint density at radius 2 is 1.92 bits per heavy atom. The third kappa shape index (κ3) is 11.0. The Morgan fingerprint density at radius 1 is 1.12 bits per heavy atom. The van der Waals surface area contributed by atoms with Gasteiger partial charge in [0.15, 0.2) is 27.3 Å². The second-order valence-corrected chi connectivity index (χ2v) is 21.3. The largest absolute Gasteiger partial charge is 0.461 e. The van der Waals surface area contributed by atoms with Crippen LogP contribution in [0.5, 0.6) is 0 Å². The van der Waals surface area contributed by atoms with E-state index in [1.165, 1.54) is 30.6 Å². The fourth-order valence-electron chi connectivity index (χ4n) is 5.59. The van der Waals surface area contributed by atoms with Gasteiger partial charge < -0.3 is 23.8 Å². The molecule has 274 valence electrons. The number of aryl methyl sites for hydroxylation is 1. The molecule has 1 aromatic carbocycles. The van der Waals surface area contributed by atoms with Gasteiger partial charge in [-0.3, -0.25) is 4.57 Å². The number of anilines is 2. The standard InChI is InChI=1S/C37H50N6O5S2Si/c1-7-47-35(44)33-31(19-13-22-48-28-15-9-8-10-16-28)50-36(38-33)42(20-14-21-45-3)32-25-27(2)34(41-40-32)39-37-43(26-46-23-24-51(4,5)6)29-17-11-12-18-30(29)49-37/h11-12,17-18,25,28H,7-10,14-16,20-24,26H2,1-6H3/b39-37-. The number of hydrogen-bond acceptors (Lipinski definition) is 12. The maximum Gasteiger partial charge on any atom is 0.359 e. The number of ether oxygens (including phenoxy) is 4. The minimum absolute atomic E-state index is 0.191. The average molecular weight is 751 g/mol. The first-order valence-electron chi connectivity index (χ1n) is 17.8. The number of fused-ring (bicyclic) bond motifs is 1. The van der Waals surface area contributed by atoms with Crippen molar-refractivity contribution in [3.8, 4) is 11.8 Å². The van der Waals surface area contributed by atoms with Gasteiger partial charge in [0.1, 0.15) is 18.2 Å². The van der Waals surface area contributed by atoms with Gasteiger partial charge in [-0.2, -0.15) is 4.99 Å². The molecule has 51 heavy (non-hydrogen) atoms. The van der Waals surface area contributed by atoms with E-state index in [1.54, 1.807) is 25.4 Å². The summed E-state index contributed by atoms with van der Waals surface area (Å²) in [7, 11) is 0.461. The zero-order chi connectivity index (χ0) is 36.2. The molecule has 3 heterocycles. The van der Waals surface area contributed by atoms with E-state index < -0.39 is 14.0 Å². The molecule has 0 aliphatic heterocycles. The highest BCUT2D eigenvalue weighted by atomic mass is 32.1. The van der Waals surface area contributed by atoms with Crippen molar-refractivity contribution in [2.75, 3.05) is 45.0 Å². The number of hydrogen-bond donors (Lipinski definition) is 0. The minimum Gasteiger partial charge on any atom is -0.461 e. The first-order valence-corrected chi connectivity index (χ1v) is 23.1. The highest BCUT2D eigenvalue weighted by Gasteiger charge is 2.24. The third-order valence-corrected chi connectivity index (χ3v) is 12.2.